The summed E-state index contributed by atoms with van der Waals surface area (Å²) in [7, 11) is 0. The van der Waals surface area contributed by atoms with Crippen LogP contribution in [0, 0.1) is 5.41 Å². The Morgan fingerprint density at radius 1 is 1.53 bits per heavy atom. The van der Waals surface area contributed by atoms with Crippen molar-refractivity contribution in [3.05, 3.63) is 0 Å². The van der Waals surface area contributed by atoms with E-state index >= 15 is 0 Å². The number of likely N-dealkylation sites (tertiary alicyclic amines) is 1. The van der Waals surface area contributed by atoms with Crippen LogP contribution in [0.4, 0.5) is 4.79 Å². The molecule has 0 bridgehead atoms. The molecule has 2 aliphatic rings. The second-order valence-corrected chi connectivity index (χ2v) is 6.26. The number of nitrogens with one attached hydrogen (secondary N) is 1. The van der Waals surface area contributed by atoms with Gasteiger partial charge in [0, 0.05) is 31.1 Å². The molecular formula is C12H23N3O2. The Labute approximate surface area is 103 Å². The molecule has 2 atom stereocenters. The second-order valence-electron chi connectivity index (χ2n) is 6.26. The molecule has 0 aromatic carbocycles. The smallest absolute Gasteiger partial charge is 0.410 e. The molecule has 2 heterocycles. The van der Waals surface area contributed by atoms with Crippen LogP contribution in [0.1, 0.15) is 27.2 Å². The van der Waals surface area contributed by atoms with Gasteiger partial charge in [-0.15, -0.1) is 0 Å². The number of hydrogen-bond acceptors (Lipinski definition) is 4. The standard InChI is InChI=1S/C12H23N3O2/c1-11(2,3)17-10(16)15-6-9(13)12(8-15)4-5-14-7-12/h9,14H,4-8,13H2,1-3H3. The van der Waals surface area contributed by atoms with Crippen LogP contribution >= 0.6 is 0 Å². The lowest BCUT2D eigenvalue weighted by atomic mass is 9.83. The molecular weight excluding hydrogens is 218 g/mol. The van der Waals surface area contributed by atoms with Crippen LogP contribution in [0.15, 0.2) is 0 Å². The predicted molar refractivity (Wildman–Crippen MR) is 65.7 cm³/mol. The van der Waals surface area contributed by atoms with Crippen LogP contribution in [0.3, 0.4) is 0 Å². The highest BCUT2D eigenvalue weighted by molar-refractivity contribution is 5.68. The van der Waals surface area contributed by atoms with Crippen molar-refractivity contribution in [3.8, 4) is 0 Å². The Hall–Kier alpha value is -0.810. The minimum Gasteiger partial charge on any atom is -0.444 e. The molecule has 0 saturated carbocycles. The molecule has 5 heteroatoms. The summed E-state index contributed by atoms with van der Waals surface area (Å²) in [6.07, 6.45) is 0.810. The first-order valence-electron chi connectivity index (χ1n) is 6.27. The van der Waals surface area contributed by atoms with E-state index in [0.29, 0.717) is 6.54 Å². The van der Waals surface area contributed by atoms with Gasteiger partial charge in [-0.1, -0.05) is 0 Å². The summed E-state index contributed by atoms with van der Waals surface area (Å²) in [6, 6.07) is 0.0602. The summed E-state index contributed by atoms with van der Waals surface area (Å²) in [6.45, 7) is 8.88. The molecule has 98 valence electrons. The van der Waals surface area contributed by atoms with Gasteiger partial charge < -0.3 is 20.7 Å². The molecule has 3 N–H and O–H groups in total. The average molecular weight is 241 g/mol. The van der Waals surface area contributed by atoms with Crippen molar-refractivity contribution < 1.29 is 9.53 Å². The van der Waals surface area contributed by atoms with Gasteiger partial charge in [-0.25, -0.2) is 4.79 Å². The number of nitrogens with two attached hydrogens (primary N) is 1. The number of nitrogens with zero attached hydrogens (tertiary/aromatic N) is 1. The zero-order chi connectivity index (χ0) is 12.7. The third-order valence-corrected chi connectivity index (χ3v) is 3.64. The lowest BCUT2D eigenvalue weighted by Gasteiger charge is -2.27. The summed E-state index contributed by atoms with van der Waals surface area (Å²) in [4.78, 5) is 13.7. The third kappa shape index (κ3) is 2.55. The Morgan fingerprint density at radius 2 is 2.24 bits per heavy atom. The van der Waals surface area contributed by atoms with E-state index in [0.717, 1.165) is 26.1 Å². The largest absolute Gasteiger partial charge is 0.444 e. The van der Waals surface area contributed by atoms with Crippen LogP contribution in [0.25, 0.3) is 0 Å². The molecule has 0 radical (unpaired) electrons. The zero-order valence-electron chi connectivity index (χ0n) is 11.0. The number of ether oxygens (including phenoxy) is 1. The number of amides is 1. The topological polar surface area (TPSA) is 67.6 Å². The summed E-state index contributed by atoms with van der Waals surface area (Å²) in [5, 5.41) is 3.33. The van der Waals surface area contributed by atoms with E-state index in [1.54, 1.807) is 4.90 Å². The molecule has 2 fully saturated rings. The number of carbonyl (C=O) groups is 1. The molecule has 2 rings (SSSR count). The van der Waals surface area contributed by atoms with Gasteiger partial charge in [0.2, 0.25) is 0 Å². The van der Waals surface area contributed by atoms with Crippen LogP contribution < -0.4 is 11.1 Å². The number of hydrogen-bond donors (Lipinski definition) is 2. The fraction of sp³-hybridized carbons (Fsp3) is 0.917. The Balaban J connectivity index is 1.99. The minimum atomic E-state index is -0.440. The normalized spacial score (nSPS) is 33.4. The van der Waals surface area contributed by atoms with Crippen molar-refractivity contribution in [1.82, 2.24) is 10.2 Å². The van der Waals surface area contributed by atoms with Crippen molar-refractivity contribution in [1.29, 1.82) is 0 Å². The monoisotopic (exact) mass is 241 g/mol. The van der Waals surface area contributed by atoms with Crippen molar-refractivity contribution in [2.45, 2.75) is 38.8 Å². The van der Waals surface area contributed by atoms with E-state index in [2.05, 4.69) is 5.32 Å². The average Bonchev–Trinajstić information content (AvgIpc) is 2.74. The van der Waals surface area contributed by atoms with Gasteiger partial charge in [-0.05, 0) is 33.7 Å². The molecule has 2 aliphatic heterocycles. The van der Waals surface area contributed by atoms with Crippen LogP contribution in [0.5, 0.6) is 0 Å². The summed E-state index contributed by atoms with van der Waals surface area (Å²) < 4.78 is 5.38. The van der Waals surface area contributed by atoms with Crippen molar-refractivity contribution in [2.24, 2.45) is 11.1 Å². The van der Waals surface area contributed by atoms with E-state index in [1.807, 2.05) is 20.8 Å². The molecule has 2 unspecified atom stereocenters. The van der Waals surface area contributed by atoms with Crippen molar-refractivity contribution in [2.75, 3.05) is 26.2 Å². The van der Waals surface area contributed by atoms with E-state index < -0.39 is 5.60 Å². The SMILES string of the molecule is CC(C)(C)OC(=O)N1CC(N)C2(CCNC2)C1. The van der Waals surface area contributed by atoms with Crippen LogP contribution in [-0.2, 0) is 4.74 Å². The van der Waals surface area contributed by atoms with Gasteiger partial charge >= 0.3 is 6.09 Å². The molecule has 1 spiro atoms. The quantitative estimate of drug-likeness (QED) is 0.649. The van der Waals surface area contributed by atoms with Gasteiger partial charge in [0.15, 0.2) is 0 Å². The molecule has 2 saturated heterocycles. The molecule has 1 amide bonds. The van der Waals surface area contributed by atoms with E-state index in [9.17, 15) is 4.79 Å². The molecule has 0 aliphatic carbocycles. The van der Waals surface area contributed by atoms with Crippen molar-refractivity contribution in [3.63, 3.8) is 0 Å². The fourth-order valence-electron chi connectivity index (χ4n) is 2.67. The highest BCUT2D eigenvalue weighted by atomic mass is 16.6. The Morgan fingerprint density at radius 3 is 2.76 bits per heavy atom. The molecule has 0 aromatic heterocycles. The van der Waals surface area contributed by atoms with Crippen LogP contribution in [0.2, 0.25) is 0 Å². The van der Waals surface area contributed by atoms with Gasteiger partial charge in [-0.2, -0.15) is 0 Å². The fourth-order valence-corrected chi connectivity index (χ4v) is 2.67. The first-order valence-corrected chi connectivity index (χ1v) is 6.27. The maximum atomic E-state index is 12.0. The maximum Gasteiger partial charge on any atom is 0.410 e. The zero-order valence-corrected chi connectivity index (χ0v) is 11.0. The Bertz CT molecular complexity index is 305. The lowest BCUT2D eigenvalue weighted by molar-refractivity contribution is 0.0275. The van der Waals surface area contributed by atoms with Gasteiger partial charge in [0.1, 0.15) is 5.60 Å². The third-order valence-electron chi connectivity index (χ3n) is 3.64. The predicted octanol–water partition coefficient (Wildman–Crippen LogP) is 0.544. The van der Waals surface area contributed by atoms with Crippen LogP contribution in [-0.4, -0.2) is 48.8 Å². The summed E-state index contributed by atoms with van der Waals surface area (Å²) in [5.74, 6) is 0. The summed E-state index contributed by atoms with van der Waals surface area (Å²) in [5.41, 5.74) is 5.80. The highest BCUT2D eigenvalue weighted by Crippen LogP contribution is 2.35. The maximum absolute atomic E-state index is 12.0. The first kappa shape index (κ1) is 12.6. The molecule has 0 aromatic rings. The Kier molecular flexibility index (Phi) is 3.08. The van der Waals surface area contributed by atoms with E-state index in [1.165, 1.54) is 0 Å². The van der Waals surface area contributed by atoms with Crippen molar-refractivity contribution >= 4 is 6.09 Å². The van der Waals surface area contributed by atoms with Gasteiger partial charge in [0.05, 0.1) is 0 Å². The minimum absolute atomic E-state index is 0.0602. The molecule has 5 nitrogen and oxygen atoms in total. The second kappa shape index (κ2) is 4.14. The van der Waals surface area contributed by atoms with E-state index in [4.69, 9.17) is 10.5 Å². The molecule has 17 heavy (non-hydrogen) atoms. The number of rotatable bonds is 0. The lowest BCUT2D eigenvalue weighted by Crippen LogP contribution is -2.42. The van der Waals surface area contributed by atoms with Gasteiger partial charge in [0.25, 0.3) is 0 Å². The number of carbonyl (C=O) groups excluding carboxylic acids is 1. The van der Waals surface area contributed by atoms with E-state index in [-0.39, 0.29) is 17.6 Å². The van der Waals surface area contributed by atoms with Gasteiger partial charge in [-0.3, -0.25) is 0 Å². The summed E-state index contributed by atoms with van der Waals surface area (Å²) >= 11 is 0. The first-order chi connectivity index (χ1) is 7.82. The highest BCUT2D eigenvalue weighted by Gasteiger charge is 2.48.